The van der Waals surface area contributed by atoms with E-state index < -0.39 is 5.60 Å². The zero-order valence-electron chi connectivity index (χ0n) is 12.4. The second-order valence-electron chi connectivity index (χ2n) is 6.24. The summed E-state index contributed by atoms with van der Waals surface area (Å²) in [6.07, 6.45) is 5.17. The molecule has 0 spiro atoms. The summed E-state index contributed by atoms with van der Waals surface area (Å²) in [6, 6.07) is 8.18. The van der Waals surface area contributed by atoms with Crippen molar-refractivity contribution < 1.29 is 9.84 Å². The third kappa shape index (κ3) is 3.50. The van der Waals surface area contributed by atoms with Crippen LogP contribution in [0.2, 0.25) is 0 Å². The quantitative estimate of drug-likeness (QED) is 0.894. The van der Waals surface area contributed by atoms with Crippen molar-refractivity contribution in [2.75, 3.05) is 7.11 Å². The highest BCUT2D eigenvalue weighted by atomic mass is 16.5. The molecule has 2 rings (SSSR count). The topological polar surface area (TPSA) is 29.5 Å². The molecule has 19 heavy (non-hydrogen) atoms. The molecule has 1 aliphatic rings. The molecule has 1 aliphatic carbocycles. The van der Waals surface area contributed by atoms with E-state index in [0.717, 1.165) is 31.4 Å². The lowest BCUT2D eigenvalue weighted by molar-refractivity contribution is -0.0626. The first-order valence-corrected chi connectivity index (χ1v) is 7.39. The first-order valence-electron chi connectivity index (χ1n) is 7.39. The number of aliphatic hydroxyl groups is 1. The van der Waals surface area contributed by atoms with Gasteiger partial charge in [-0.3, -0.25) is 0 Å². The summed E-state index contributed by atoms with van der Waals surface area (Å²) in [5.41, 5.74) is 0.803. The van der Waals surface area contributed by atoms with Gasteiger partial charge in [-0.25, -0.2) is 0 Å². The SMILES string of the molecule is COc1ccc(CCC2(O)CC(C)CCC2C)cc1. The van der Waals surface area contributed by atoms with Crippen LogP contribution >= 0.6 is 0 Å². The summed E-state index contributed by atoms with van der Waals surface area (Å²) >= 11 is 0. The maximum atomic E-state index is 10.8. The van der Waals surface area contributed by atoms with Crippen LogP contribution in [0.5, 0.6) is 5.75 Å². The van der Waals surface area contributed by atoms with E-state index in [9.17, 15) is 5.11 Å². The van der Waals surface area contributed by atoms with E-state index in [-0.39, 0.29) is 0 Å². The maximum Gasteiger partial charge on any atom is 0.118 e. The normalized spacial score (nSPS) is 31.2. The molecule has 3 unspecified atom stereocenters. The first-order chi connectivity index (χ1) is 9.03. The van der Waals surface area contributed by atoms with Gasteiger partial charge in [-0.2, -0.15) is 0 Å². The standard InChI is InChI=1S/C17H26O2/c1-13-4-5-14(2)17(18,12-13)11-10-15-6-8-16(19-3)9-7-15/h6-9,13-14,18H,4-5,10-12H2,1-3H3. The predicted molar refractivity (Wildman–Crippen MR) is 78.4 cm³/mol. The Balaban J connectivity index is 1.96. The predicted octanol–water partition coefficient (Wildman–Crippen LogP) is 3.82. The molecule has 0 radical (unpaired) electrons. The summed E-state index contributed by atoms with van der Waals surface area (Å²) in [5, 5.41) is 10.8. The summed E-state index contributed by atoms with van der Waals surface area (Å²) in [4.78, 5) is 0. The summed E-state index contributed by atoms with van der Waals surface area (Å²) in [7, 11) is 1.68. The molecular formula is C17H26O2. The van der Waals surface area contributed by atoms with E-state index in [0.29, 0.717) is 11.8 Å². The molecule has 0 aromatic heterocycles. The number of hydrogen-bond donors (Lipinski definition) is 1. The van der Waals surface area contributed by atoms with Gasteiger partial charge in [-0.15, -0.1) is 0 Å². The molecule has 2 heteroatoms. The molecule has 0 heterocycles. The highest BCUT2D eigenvalue weighted by Gasteiger charge is 2.38. The lowest BCUT2D eigenvalue weighted by Gasteiger charge is -2.41. The molecular weight excluding hydrogens is 236 g/mol. The molecule has 0 aliphatic heterocycles. The van der Waals surface area contributed by atoms with Gasteiger partial charge in [0.15, 0.2) is 0 Å². The molecule has 2 nitrogen and oxygen atoms in total. The van der Waals surface area contributed by atoms with Crippen LogP contribution in [0.3, 0.4) is 0 Å². The van der Waals surface area contributed by atoms with E-state index in [1.165, 1.54) is 12.0 Å². The molecule has 0 saturated heterocycles. The van der Waals surface area contributed by atoms with Gasteiger partial charge in [0.25, 0.3) is 0 Å². The van der Waals surface area contributed by atoms with Crippen molar-refractivity contribution in [3.8, 4) is 5.75 Å². The Labute approximate surface area is 116 Å². The van der Waals surface area contributed by atoms with Crippen molar-refractivity contribution in [2.24, 2.45) is 11.8 Å². The molecule has 1 saturated carbocycles. The van der Waals surface area contributed by atoms with E-state index in [1.807, 2.05) is 12.1 Å². The number of methoxy groups -OCH3 is 1. The minimum absolute atomic E-state index is 0.418. The van der Waals surface area contributed by atoms with Crippen LogP contribution < -0.4 is 4.74 Å². The van der Waals surface area contributed by atoms with Gasteiger partial charge in [0, 0.05) is 0 Å². The molecule has 1 fully saturated rings. The largest absolute Gasteiger partial charge is 0.497 e. The van der Waals surface area contributed by atoms with Crippen LogP contribution in [-0.4, -0.2) is 17.8 Å². The molecule has 1 aromatic carbocycles. The Morgan fingerprint density at radius 3 is 2.53 bits per heavy atom. The van der Waals surface area contributed by atoms with E-state index in [4.69, 9.17) is 4.74 Å². The van der Waals surface area contributed by atoms with Crippen molar-refractivity contribution in [1.82, 2.24) is 0 Å². The van der Waals surface area contributed by atoms with Crippen LogP contribution in [0, 0.1) is 11.8 Å². The summed E-state index contributed by atoms with van der Waals surface area (Å²) in [6.45, 7) is 4.45. The van der Waals surface area contributed by atoms with E-state index in [1.54, 1.807) is 7.11 Å². The first kappa shape index (κ1) is 14.4. The molecule has 0 bridgehead atoms. The lowest BCUT2D eigenvalue weighted by atomic mass is 9.70. The third-order valence-electron chi connectivity index (χ3n) is 4.72. The Bertz CT molecular complexity index is 398. The average molecular weight is 262 g/mol. The minimum Gasteiger partial charge on any atom is -0.497 e. The number of benzene rings is 1. The number of ether oxygens (including phenoxy) is 1. The van der Waals surface area contributed by atoms with E-state index in [2.05, 4.69) is 26.0 Å². The van der Waals surface area contributed by atoms with E-state index >= 15 is 0 Å². The molecule has 106 valence electrons. The van der Waals surface area contributed by atoms with Crippen LogP contribution in [0.15, 0.2) is 24.3 Å². The zero-order chi connectivity index (χ0) is 13.9. The fourth-order valence-electron chi connectivity index (χ4n) is 3.21. The highest BCUT2D eigenvalue weighted by molar-refractivity contribution is 5.27. The monoisotopic (exact) mass is 262 g/mol. The third-order valence-corrected chi connectivity index (χ3v) is 4.72. The van der Waals surface area contributed by atoms with Gasteiger partial charge < -0.3 is 9.84 Å². The van der Waals surface area contributed by atoms with Crippen molar-refractivity contribution in [3.63, 3.8) is 0 Å². The van der Waals surface area contributed by atoms with Crippen molar-refractivity contribution >= 4 is 0 Å². The Morgan fingerprint density at radius 2 is 1.89 bits per heavy atom. The Hall–Kier alpha value is -1.02. The number of rotatable bonds is 4. The van der Waals surface area contributed by atoms with Gasteiger partial charge in [-0.05, 0) is 55.2 Å². The summed E-state index contributed by atoms with van der Waals surface area (Å²) in [5.74, 6) is 1.96. The Morgan fingerprint density at radius 1 is 1.21 bits per heavy atom. The van der Waals surface area contributed by atoms with Gasteiger partial charge in [0.2, 0.25) is 0 Å². The lowest BCUT2D eigenvalue weighted by Crippen LogP contribution is -2.42. The molecule has 1 N–H and O–H groups in total. The van der Waals surface area contributed by atoms with Crippen LogP contribution in [-0.2, 0) is 6.42 Å². The van der Waals surface area contributed by atoms with Gasteiger partial charge in [0.05, 0.1) is 12.7 Å². The van der Waals surface area contributed by atoms with Crippen LogP contribution in [0.4, 0.5) is 0 Å². The Kier molecular flexibility index (Phi) is 4.51. The maximum absolute atomic E-state index is 10.8. The van der Waals surface area contributed by atoms with Crippen molar-refractivity contribution in [2.45, 2.75) is 51.6 Å². The molecule has 3 atom stereocenters. The smallest absolute Gasteiger partial charge is 0.118 e. The fourth-order valence-corrected chi connectivity index (χ4v) is 3.21. The molecule has 1 aromatic rings. The second-order valence-corrected chi connectivity index (χ2v) is 6.24. The van der Waals surface area contributed by atoms with Crippen LogP contribution in [0.1, 0.15) is 45.1 Å². The molecule has 0 amide bonds. The number of hydrogen-bond acceptors (Lipinski definition) is 2. The average Bonchev–Trinajstić information content (AvgIpc) is 2.42. The fraction of sp³-hybridized carbons (Fsp3) is 0.647. The highest BCUT2D eigenvalue weighted by Crippen LogP contribution is 2.39. The number of aryl methyl sites for hydroxylation is 1. The zero-order valence-corrected chi connectivity index (χ0v) is 12.4. The van der Waals surface area contributed by atoms with Gasteiger partial charge in [0.1, 0.15) is 5.75 Å². The van der Waals surface area contributed by atoms with Gasteiger partial charge in [-0.1, -0.05) is 32.4 Å². The second kappa shape index (κ2) is 5.96. The van der Waals surface area contributed by atoms with Crippen molar-refractivity contribution in [1.29, 1.82) is 0 Å². The van der Waals surface area contributed by atoms with Gasteiger partial charge >= 0.3 is 0 Å². The van der Waals surface area contributed by atoms with Crippen LogP contribution in [0.25, 0.3) is 0 Å². The minimum atomic E-state index is -0.475. The van der Waals surface area contributed by atoms with Crippen molar-refractivity contribution in [3.05, 3.63) is 29.8 Å². The summed E-state index contributed by atoms with van der Waals surface area (Å²) < 4.78 is 5.17.